The van der Waals surface area contributed by atoms with Crippen LogP contribution >= 0.6 is 8.58 Å². The molecule has 0 amide bonds. The van der Waals surface area contributed by atoms with Crippen LogP contribution in [-0.4, -0.2) is 23.5 Å². The Labute approximate surface area is 175 Å². The van der Waals surface area contributed by atoms with Crippen LogP contribution in [0, 0.1) is 0 Å². The first kappa shape index (κ1) is 21.5. The zero-order chi connectivity index (χ0) is 20.6. The van der Waals surface area contributed by atoms with E-state index in [4.69, 9.17) is 4.74 Å². The maximum absolute atomic E-state index is 10.5. The summed E-state index contributed by atoms with van der Waals surface area (Å²) in [4.78, 5) is 0. The van der Waals surface area contributed by atoms with Crippen molar-refractivity contribution in [1.82, 2.24) is 5.32 Å². The lowest BCUT2D eigenvalue weighted by atomic mass is 10.0. The quantitative estimate of drug-likeness (QED) is 0.484. The maximum atomic E-state index is 10.5. The van der Waals surface area contributed by atoms with E-state index in [1.165, 1.54) is 16.4 Å². The van der Waals surface area contributed by atoms with Crippen molar-refractivity contribution < 1.29 is 9.84 Å². The fourth-order valence-corrected chi connectivity index (χ4v) is 4.50. The summed E-state index contributed by atoms with van der Waals surface area (Å²) < 4.78 is 5.86. The van der Waals surface area contributed by atoms with Crippen molar-refractivity contribution in [2.24, 2.45) is 0 Å². The third-order valence-corrected chi connectivity index (χ3v) is 5.96. The molecule has 0 aliphatic heterocycles. The third-order valence-electron chi connectivity index (χ3n) is 4.76. The predicted octanol–water partition coefficient (Wildman–Crippen LogP) is 5.11. The van der Waals surface area contributed by atoms with Gasteiger partial charge in [0.25, 0.3) is 0 Å². The Balaban J connectivity index is 1.65. The van der Waals surface area contributed by atoms with Gasteiger partial charge in [0.1, 0.15) is 5.75 Å². The van der Waals surface area contributed by atoms with Gasteiger partial charge in [-0.1, -0.05) is 75.3 Å². The van der Waals surface area contributed by atoms with E-state index in [-0.39, 0.29) is 12.1 Å². The molecule has 3 nitrogen and oxygen atoms in total. The van der Waals surface area contributed by atoms with Crippen molar-refractivity contribution >= 4 is 13.9 Å². The minimum Gasteiger partial charge on any atom is -0.491 e. The second kappa shape index (κ2) is 10.5. The average molecular weight is 407 g/mol. The van der Waals surface area contributed by atoms with E-state index in [1.807, 2.05) is 63.2 Å². The molecule has 0 heterocycles. The van der Waals surface area contributed by atoms with Crippen molar-refractivity contribution in [3.63, 3.8) is 0 Å². The van der Waals surface area contributed by atoms with Crippen LogP contribution in [0.3, 0.4) is 0 Å². The highest BCUT2D eigenvalue weighted by atomic mass is 31.1. The predicted molar refractivity (Wildman–Crippen MR) is 124 cm³/mol. The first-order chi connectivity index (χ1) is 14.0. The first-order valence-electron chi connectivity index (χ1n) is 10.1. The Morgan fingerprint density at radius 3 is 2.38 bits per heavy atom. The summed E-state index contributed by atoms with van der Waals surface area (Å²) in [6, 6.07) is 26.6. The van der Waals surface area contributed by atoms with E-state index in [0.717, 1.165) is 17.6 Å². The van der Waals surface area contributed by atoms with E-state index in [9.17, 15) is 5.11 Å². The number of hydrogen-bond donors (Lipinski definition) is 2. The number of benzene rings is 3. The maximum Gasteiger partial charge on any atom is 0.120 e. The van der Waals surface area contributed by atoms with Crippen LogP contribution in [0.2, 0.25) is 0 Å². The van der Waals surface area contributed by atoms with Crippen LogP contribution in [-0.2, 0) is 0 Å². The van der Waals surface area contributed by atoms with E-state index in [1.54, 1.807) is 0 Å². The summed E-state index contributed by atoms with van der Waals surface area (Å²) in [5.74, 6) is 0.897. The molecule has 1 unspecified atom stereocenters. The molecule has 0 radical (unpaired) electrons. The molecule has 3 atom stereocenters. The van der Waals surface area contributed by atoms with Gasteiger partial charge in [-0.3, -0.25) is 0 Å². The second-order valence-corrected chi connectivity index (χ2v) is 8.69. The Morgan fingerprint density at radius 2 is 1.62 bits per heavy atom. The Bertz CT molecular complexity index is 898. The Kier molecular flexibility index (Phi) is 7.83. The van der Waals surface area contributed by atoms with Crippen LogP contribution in [0.15, 0.2) is 78.9 Å². The zero-order valence-corrected chi connectivity index (χ0v) is 18.3. The van der Waals surface area contributed by atoms with Gasteiger partial charge >= 0.3 is 0 Å². The normalized spacial score (nSPS) is 13.7. The molecule has 29 heavy (non-hydrogen) atoms. The Hall–Kier alpha value is -2.19. The molecule has 3 aromatic carbocycles. The van der Waals surface area contributed by atoms with Crippen molar-refractivity contribution in [2.45, 2.75) is 39.0 Å². The third kappa shape index (κ3) is 6.14. The van der Waals surface area contributed by atoms with Crippen molar-refractivity contribution in [3.8, 4) is 16.9 Å². The zero-order valence-electron chi connectivity index (χ0n) is 17.3. The second-order valence-electron chi connectivity index (χ2n) is 7.44. The highest BCUT2D eigenvalue weighted by Crippen LogP contribution is 2.27. The van der Waals surface area contributed by atoms with Crippen LogP contribution in [0.4, 0.5) is 0 Å². The summed E-state index contributed by atoms with van der Waals surface area (Å²) in [6.07, 6.45) is 0.467. The lowest BCUT2D eigenvalue weighted by molar-refractivity contribution is 0.139. The summed E-state index contributed by atoms with van der Waals surface area (Å²) in [6.45, 7) is 6.11. The van der Waals surface area contributed by atoms with Crippen LogP contribution in [0.25, 0.3) is 11.1 Å². The molecule has 3 aromatic rings. The van der Waals surface area contributed by atoms with Crippen LogP contribution in [0.1, 0.15) is 32.4 Å². The lowest BCUT2D eigenvalue weighted by Gasteiger charge is -2.21. The SMILES string of the molecule is CC(C)Oc1cccc(-c2ccccc2PCN[C@@H](C)[C@H](O)c2ccccc2)c1. The van der Waals surface area contributed by atoms with Gasteiger partial charge in [-0.2, -0.15) is 0 Å². The molecule has 0 spiro atoms. The van der Waals surface area contributed by atoms with Gasteiger partial charge in [-0.25, -0.2) is 0 Å². The first-order valence-corrected chi connectivity index (χ1v) is 11.3. The molecule has 2 N–H and O–H groups in total. The van der Waals surface area contributed by atoms with Crippen molar-refractivity contribution in [2.75, 3.05) is 6.29 Å². The number of nitrogens with one attached hydrogen (secondary N) is 1. The molecule has 0 saturated heterocycles. The average Bonchev–Trinajstić information content (AvgIpc) is 2.74. The van der Waals surface area contributed by atoms with E-state index in [0.29, 0.717) is 8.58 Å². The molecular formula is C25H30NO2P. The van der Waals surface area contributed by atoms with E-state index >= 15 is 0 Å². The summed E-state index contributed by atoms with van der Waals surface area (Å²) in [5.41, 5.74) is 3.35. The van der Waals surface area contributed by atoms with Gasteiger partial charge in [0, 0.05) is 12.3 Å². The molecule has 0 saturated carbocycles. The molecule has 0 bridgehead atoms. The smallest absolute Gasteiger partial charge is 0.120 e. The minimum absolute atomic E-state index is 0.0140. The fraction of sp³-hybridized carbons (Fsp3) is 0.280. The standard InChI is InChI=1S/C25H30NO2P/c1-18(2)28-22-13-9-12-21(16-22)23-14-7-8-15-24(23)29-17-26-19(3)25(27)20-10-5-4-6-11-20/h4-16,18-19,25-27,29H,17H2,1-3H3/t19-,25-/m0/s1. The summed E-state index contributed by atoms with van der Waals surface area (Å²) in [5, 5.41) is 15.3. The molecule has 0 aromatic heterocycles. The number of hydrogen-bond acceptors (Lipinski definition) is 3. The van der Waals surface area contributed by atoms with Gasteiger partial charge in [0.15, 0.2) is 0 Å². The van der Waals surface area contributed by atoms with Gasteiger partial charge in [0.2, 0.25) is 0 Å². The van der Waals surface area contributed by atoms with Gasteiger partial charge < -0.3 is 15.2 Å². The lowest BCUT2D eigenvalue weighted by Crippen LogP contribution is -2.32. The minimum atomic E-state index is -0.513. The molecule has 0 aliphatic carbocycles. The summed E-state index contributed by atoms with van der Waals surface area (Å²) >= 11 is 0. The molecular weight excluding hydrogens is 377 g/mol. The van der Waals surface area contributed by atoms with Crippen molar-refractivity contribution in [3.05, 3.63) is 84.4 Å². The number of aliphatic hydroxyl groups is 1. The molecule has 0 aliphatic rings. The van der Waals surface area contributed by atoms with Crippen molar-refractivity contribution in [1.29, 1.82) is 0 Å². The highest BCUT2D eigenvalue weighted by Gasteiger charge is 2.15. The van der Waals surface area contributed by atoms with Gasteiger partial charge in [-0.15, -0.1) is 0 Å². The number of rotatable bonds is 9. The van der Waals surface area contributed by atoms with E-state index in [2.05, 4.69) is 41.7 Å². The van der Waals surface area contributed by atoms with Crippen LogP contribution in [0.5, 0.6) is 5.75 Å². The van der Waals surface area contributed by atoms with Crippen LogP contribution < -0.4 is 15.4 Å². The Morgan fingerprint density at radius 1 is 0.897 bits per heavy atom. The fourth-order valence-electron chi connectivity index (χ4n) is 3.26. The number of aliphatic hydroxyl groups excluding tert-OH is 1. The highest BCUT2D eigenvalue weighted by molar-refractivity contribution is 7.47. The largest absolute Gasteiger partial charge is 0.491 e. The molecule has 4 heteroatoms. The monoisotopic (exact) mass is 407 g/mol. The topological polar surface area (TPSA) is 41.5 Å². The summed E-state index contributed by atoms with van der Waals surface area (Å²) in [7, 11) is 0.602. The molecule has 152 valence electrons. The number of ether oxygens (including phenoxy) is 1. The van der Waals surface area contributed by atoms with Gasteiger partial charge in [0.05, 0.1) is 12.2 Å². The van der Waals surface area contributed by atoms with Gasteiger partial charge in [-0.05, 0) is 54.9 Å². The molecule has 0 fully saturated rings. The van der Waals surface area contributed by atoms with E-state index < -0.39 is 6.10 Å². The molecule has 3 rings (SSSR count).